The molecule has 1 unspecified atom stereocenters. The molecule has 0 bridgehead atoms. The second-order valence-electron chi connectivity index (χ2n) is 4.05. The van der Waals surface area contributed by atoms with Crippen LogP contribution in [0, 0.1) is 0 Å². The van der Waals surface area contributed by atoms with Crippen LogP contribution >= 0.6 is 24.2 Å². The molecule has 0 N–H and O–H groups in total. The number of rotatable bonds is 2. The lowest BCUT2D eigenvalue weighted by molar-refractivity contribution is -0.117. The van der Waals surface area contributed by atoms with Gasteiger partial charge in [-0.1, -0.05) is 11.6 Å². The van der Waals surface area contributed by atoms with Crippen LogP contribution in [0.4, 0.5) is 5.69 Å². The van der Waals surface area contributed by atoms with E-state index in [0.29, 0.717) is 29.2 Å². The van der Waals surface area contributed by atoms with E-state index < -0.39 is 5.97 Å². The van der Waals surface area contributed by atoms with Gasteiger partial charge in [0.1, 0.15) is 0 Å². The number of thiol groups is 1. The van der Waals surface area contributed by atoms with Crippen LogP contribution in [0.25, 0.3) is 0 Å². The summed E-state index contributed by atoms with van der Waals surface area (Å²) in [5, 5.41) is 0.404. The summed E-state index contributed by atoms with van der Waals surface area (Å²) in [5.74, 6) is -0.499. The first-order valence-electron chi connectivity index (χ1n) is 5.38. The number of hydrogen-bond donors (Lipinski definition) is 1. The molecular weight excluding hydrogens is 274 g/mol. The Morgan fingerprint density at radius 2 is 2.22 bits per heavy atom. The molecule has 0 saturated carbocycles. The van der Waals surface area contributed by atoms with Gasteiger partial charge in [0.2, 0.25) is 5.91 Å². The Morgan fingerprint density at radius 3 is 2.78 bits per heavy atom. The molecule has 1 saturated heterocycles. The quantitative estimate of drug-likeness (QED) is 0.669. The molecule has 18 heavy (non-hydrogen) atoms. The lowest BCUT2D eigenvalue weighted by Crippen LogP contribution is -2.24. The van der Waals surface area contributed by atoms with Gasteiger partial charge in [0.05, 0.1) is 12.7 Å². The van der Waals surface area contributed by atoms with Crippen LogP contribution < -0.4 is 4.90 Å². The summed E-state index contributed by atoms with van der Waals surface area (Å²) in [5.41, 5.74) is 0.930. The first-order chi connectivity index (χ1) is 8.51. The second kappa shape index (κ2) is 5.20. The fourth-order valence-electron chi connectivity index (χ4n) is 1.90. The third-order valence-corrected chi connectivity index (χ3v) is 3.28. The molecule has 4 nitrogen and oxygen atoms in total. The Bertz CT molecular complexity index is 506. The van der Waals surface area contributed by atoms with Crippen LogP contribution in [-0.2, 0) is 9.53 Å². The summed E-state index contributed by atoms with van der Waals surface area (Å²) in [6, 6.07) is 4.76. The Hall–Kier alpha value is -1.20. The van der Waals surface area contributed by atoms with Gasteiger partial charge in [-0.3, -0.25) is 4.79 Å². The molecule has 0 aromatic heterocycles. The number of nitrogens with zero attached hydrogens (tertiary/aromatic N) is 1. The third kappa shape index (κ3) is 2.62. The van der Waals surface area contributed by atoms with Crippen LogP contribution in [0.5, 0.6) is 0 Å². The number of carbonyl (C=O) groups excluding carboxylic acids is 2. The van der Waals surface area contributed by atoms with Crippen molar-refractivity contribution in [1.29, 1.82) is 0 Å². The summed E-state index contributed by atoms with van der Waals surface area (Å²) in [7, 11) is 1.30. The minimum absolute atomic E-state index is 0.0121. The van der Waals surface area contributed by atoms with Crippen molar-refractivity contribution in [3.8, 4) is 0 Å². The summed E-state index contributed by atoms with van der Waals surface area (Å²) >= 11 is 10.2. The summed E-state index contributed by atoms with van der Waals surface area (Å²) < 4.78 is 4.64. The zero-order valence-electron chi connectivity index (χ0n) is 9.72. The maximum Gasteiger partial charge on any atom is 0.337 e. The van der Waals surface area contributed by atoms with Gasteiger partial charge < -0.3 is 9.64 Å². The number of carbonyl (C=O) groups is 2. The van der Waals surface area contributed by atoms with Gasteiger partial charge in [0.15, 0.2) is 0 Å². The maximum absolute atomic E-state index is 11.8. The summed E-state index contributed by atoms with van der Waals surface area (Å²) in [6.07, 6.45) is 0.392. The van der Waals surface area contributed by atoms with E-state index >= 15 is 0 Å². The van der Waals surface area contributed by atoms with Gasteiger partial charge in [0, 0.05) is 28.9 Å². The van der Waals surface area contributed by atoms with Gasteiger partial charge in [0.25, 0.3) is 0 Å². The summed E-state index contributed by atoms with van der Waals surface area (Å²) in [6.45, 7) is 0.517. The molecule has 1 aliphatic heterocycles. The largest absolute Gasteiger partial charge is 0.465 e. The molecule has 1 aromatic carbocycles. The zero-order valence-corrected chi connectivity index (χ0v) is 11.4. The average Bonchev–Trinajstić information content (AvgIpc) is 2.66. The molecule has 1 fully saturated rings. The van der Waals surface area contributed by atoms with E-state index in [9.17, 15) is 9.59 Å². The van der Waals surface area contributed by atoms with Crippen molar-refractivity contribution >= 4 is 41.8 Å². The van der Waals surface area contributed by atoms with Crippen molar-refractivity contribution in [2.45, 2.75) is 11.7 Å². The topological polar surface area (TPSA) is 46.6 Å². The van der Waals surface area contributed by atoms with Crippen LogP contribution in [0.1, 0.15) is 16.8 Å². The lowest BCUT2D eigenvalue weighted by atomic mass is 10.2. The maximum atomic E-state index is 11.8. The van der Waals surface area contributed by atoms with Gasteiger partial charge >= 0.3 is 5.97 Å². The fourth-order valence-corrected chi connectivity index (χ4v) is 2.45. The molecule has 0 aliphatic carbocycles. The fraction of sp³-hybridized carbons (Fsp3) is 0.333. The van der Waals surface area contributed by atoms with Gasteiger partial charge in [-0.15, -0.1) is 0 Å². The van der Waals surface area contributed by atoms with Gasteiger partial charge in [-0.25, -0.2) is 4.79 Å². The van der Waals surface area contributed by atoms with Crippen molar-refractivity contribution in [2.75, 3.05) is 18.6 Å². The number of methoxy groups -OCH3 is 1. The third-order valence-electron chi connectivity index (χ3n) is 2.72. The molecule has 0 spiro atoms. The SMILES string of the molecule is COC(=O)c1cc(Cl)cc(N2CC(S)CC2=O)c1. The van der Waals surface area contributed by atoms with E-state index in [4.69, 9.17) is 11.6 Å². The number of ether oxygens (including phenoxy) is 1. The highest BCUT2D eigenvalue weighted by molar-refractivity contribution is 7.81. The summed E-state index contributed by atoms with van der Waals surface area (Å²) in [4.78, 5) is 24.8. The predicted molar refractivity (Wildman–Crippen MR) is 72.5 cm³/mol. The van der Waals surface area contributed by atoms with E-state index in [2.05, 4.69) is 17.4 Å². The zero-order chi connectivity index (χ0) is 13.3. The Morgan fingerprint density at radius 1 is 1.50 bits per heavy atom. The smallest absolute Gasteiger partial charge is 0.337 e. The van der Waals surface area contributed by atoms with Crippen LogP contribution in [0.2, 0.25) is 5.02 Å². The van der Waals surface area contributed by atoms with E-state index in [1.54, 1.807) is 17.0 Å². The highest BCUT2D eigenvalue weighted by Crippen LogP contribution is 2.28. The number of benzene rings is 1. The number of hydrogen-bond acceptors (Lipinski definition) is 4. The Labute approximate surface area is 115 Å². The van der Waals surface area contributed by atoms with Crippen LogP contribution in [-0.4, -0.2) is 30.8 Å². The van der Waals surface area contributed by atoms with Crippen molar-refractivity contribution in [3.63, 3.8) is 0 Å². The van der Waals surface area contributed by atoms with E-state index in [1.807, 2.05) is 0 Å². The average molecular weight is 286 g/mol. The number of anilines is 1. The minimum atomic E-state index is -0.479. The van der Waals surface area contributed by atoms with Crippen molar-refractivity contribution in [3.05, 3.63) is 28.8 Å². The molecule has 1 aromatic rings. The van der Waals surface area contributed by atoms with Crippen molar-refractivity contribution in [2.24, 2.45) is 0 Å². The molecule has 1 aliphatic rings. The van der Waals surface area contributed by atoms with Crippen molar-refractivity contribution in [1.82, 2.24) is 0 Å². The molecule has 96 valence electrons. The standard InChI is InChI=1S/C12H12ClNO3S/c1-17-12(16)7-2-8(13)4-9(3-7)14-6-10(18)5-11(14)15/h2-4,10,18H,5-6H2,1H3. The predicted octanol–water partition coefficient (Wildman–Crippen LogP) is 2.16. The van der Waals surface area contributed by atoms with E-state index in [-0.39, 0.29) is 11.2 Å². The van der Waals surface area contributed by atoms with E-state index in [1.165, 1.54) is 13.2 Å². The van der Waals surface area contributed by atoms with Crippen LogP contribution in [0.3, 0.4) is 0 Å². The van der Waals surface area contributed by atoms with Gasteiger partial charge in [-0.2, -0.15) is 12.6 Å². The van der Waals surface area contributed by atoms with Crippen LogP contribution in [0.15, 0.2) is 18.2 Å². The number of halogens is 1. The lowest BCUT2D eigenvalue weighted by Gasteiger charge is -2.17. The number of amides is 1. The molecule has 6 heteroatoms. The van der Waals surface area contributed by atoms with E-state index in [0.717, 1.165) is 0 Å². The minimum Gasteiger partial charge on any atom is -0.465 e. The molecule has 2 rings (SSSR count). The Kier molecular flexibility index (Phi) is 3.82. The number of esters is 1. The first kappa shape index (κ1) is 13.2. The molecular formula is C12H12ClNO3S. The molecule has 1 amide bonds. The molecule has 0 radical (unpaired) electrons. The van der Waals surface area contributed by atoms with Crippen molar-refractivity contribution < 1.29 is 14.3 Å². The normalized spacial score (nSPS) is 19.2. The highest BCUT2D eigenvalue weighted by Gasteiger charge is 2.29. The second-order valence-corrected chi connectivity index (χ2v) is 5.22. The molecule has 1 atom stereocenters. The monoisotopic (exact) mass is 285 g/mol. The highest BCUT2D eigenvalue weighted by atomic mass is 35.5. The van der Waals surface area contributed by atoms with Gasteiger partial charge in [-0.05, 0) is 18.2 Å². The first-order valence-corrected chi connectivity index (χ1v) is 6.28. The Balaban J connectivity index is 2.36. The molecule has 1 heterocycles.